The number of hydrogen-bond acceptors (Lipinski definition) is 7. The molecule has 3 fully saturated rings. The molecule has 1 aromatic rings. The van der Waals surface area contributed by atoms with Crippen LogP contribution in [0.4, 0.5) is 0 Å². The smallest absolute Gasteiger partial charge is 0.286 e. The summed E-state index contributed by atoms with van der Waals surface area (Å²) in [6, 6.07) is 6.39. The van der Waals surface area contributed by atoms with Gasteiger partial charge in [-0.1, -0.05) is 25.7 Å². The Morgan fingerprint density at radius 3 is 2.45 bits per heavy atom. The summed E-state index contributed by atoms with van der Waals surface area (Å²) in [5.41, 5.74) is 0. The molecule has 3 unspecified atom stereocenters. The van der Waals surface area contributed by atoms with Crippen molar-refractivity contribution < 1.29 is 32.5 Å². The van der Waals surface area contributed by atoms with Gasteiger partial charge in [0.2, 0.25) is 16.3 Å². The number of amides is 1. The van der Waals surface area contributed by atoms with E-state index in [9.17, 15) is 18.3 Å². The predicted octanol–water partition coefficient (Wildman–Crippen LogP) is 3.83. The van der Waals surface area contributed by atoms with Crippen LogP contribution in [-0.2, 0) is 24.3 Å². The number of benzene rings is 1. The van der Waals surface area contributed by atoms with Crippen LogP contribution < -0.4 is 10.1 Å². The Bertz CT molecular complexity index is 1130. The van der Waals surface area contributed by atoms with Crippen LogP contribution in [0.1, 0.15) is 64.2 Å². The molecule has 5 rings (SSSR count). The number of allylic oxidation sites excluding steroid dienone is 1. The van der Waals surface area contributed by atoms with Gasteiger partial charge in [-0.15, -0.1) is 0 Å². The maximum atomic E-state index is 13.3. The molecule has 3 saturated carbocycles. The molecule has 9 nitrogen and oxygen atoms in total. The Labute approximate surface area is 238 Å². The van der Waals surface area contributed by atoms with E-state index in [-0.39, 0.29) is 49.1 Å². The maximum Gasteiger partial charge on any atom is 0.286 e. The van der Waals surface area contributed by atoms with Gasteiger partial charge in [-0.2, -0.15) is 4.31 Å². The summed E-state index contributed by atoms with van der Waals surface area (Å²) in [4.78, 5) is 13.4. The van der Waals surface area contributed by atoms with Crippen LogP contribution in [0.5, 0.6) is 5.75 Å². The second-order valence-corrected chi connectivity index (χ2v) is 13.7. The predicted molar refractivity (Wildman–Crippen MR) is 150 cm³/mol. The minimum Gasteiger partial charge on any atom is -0.497 e. The average Bonchev–Trinajstić information content (AvgIpc) is 3.60. The summed E-state index contributed by atoms with van der Waals surface area (Å²) in [5, 5.41) is 12.8. The van der Waals surface area contributed by atoms with Gasteiger partial charge in [-0.3, -0.25) is 4.79 Å². The molecule has 0 spiro atoms. The van der Waals surface area contributed by atoms with Crippen LogP contribution in [-0.4, -0.2) is 69.5 Å². The molecule has 2 bridgehead atoms. The molecule has 1 heterocycles. The summed E-state index contributed by atoms with van der Waals surface area (Å²) >= 11 is 0. The molecule has 4 aliphatic rings. The van der Waals surface area contributed by atoms with E-state index < -0.39 is 16.3 Å². The quantitative estimate of drug-likeness (QED) is 0.389. The number of sulfonamides is 1. The van der Waals surface area contributed by atoms with Gasteiger partial charge < -0.3 is 24.6 Å². The Morgan fingerprint density at radius 1 is 1.02 bits per heavy atom. The molecule has 0 aromatic heterocycles. The first-order valence-electron chi connectivity index (χ1n) is 14.9. The van der Waals surface area contributed by atoms with Gasteiger partial charge in [0.25, 0.3) is 5.91 Å². The fourth-order valence-electron chi connectivity index (χ4n) is 7.14. The van der Waals surface area contributed by atoms with Crippen molar-refractivity contribution in [2.75, 3.05) is 33.4 Å². The van der Waals surface area contributed by atoms with E-state index in [1.807, 2.05) is 6.08 Å². The van der Waals surface area contributed by atoms with E-state index in [2.05, 4.69) is 5.32 Å². The molecule has 1 aromatic carbocycles. The second-order valence-electron chi connectivity index (χ2n) is 11.8. The SMILES string of the molecule is COc1ccc(S(=O)(=O)N(CCO)CCO[C@H]2C[C@@H](C3CCCCC3)C=C(C(=O)NC3CC4CCC3C4)O2)cc1. The van der Waals surface area contributed by atoms with Crippen LogP contribution >= 0.6 is 0 Å². The molecular formula is C30H44N2O7S. The number of fused-ring (bicyclic) bond motifs is 2. The number of aliphatic hydroxyl groups excluding tert-OH is 1. The summed E-state index contributed by atoms with van der Waals surface area (Å²) in [7, 11) is -2.32. The number of ether oxygens (including phenoxy) is 3. The lowest BCUT2D eigenvalue weighted by Gasteiger charge is -2.35. The number of aliphatic hydroxyl groups is 1. The molecule has 2 N–H and O–H groups in total. The number of nitrogens with zero attached hydrogens (tertiary/aromatic N) is 1. The van der Waals surface area contributed by atoms with E-state index >= 15 is 0 Å². The van der Waals surface area contributed by atoms with Gasteiger partial charge in [0.1, 0.15) is 5.75 Å². The fourth-order valence-corrected chi connectivity index (χ4v) is 8.56. The van der Waals surface area contributed by atoms with Crippen LogP contribution in [0, 0.1) is 23.7 Å². The third-order valence-corrected chi connectivity index (χ3v) is 11.2. The zero-order chi connectivity index (χ0) is 28.1. The van der Waals surface area contributed by atoms with Crippen molar-refractivity contribution >= 4 is 15.9 Å². The third-order valence-electron chi connectivity index (χ3n) is 9.31. The van der Waals surface area contributed by atoms with Crippen LogP contribution in [0.3, 0.4) is 0 Å². The highest BCUT2D eigenvalue weighted by Crippen LogP contribution is 2.44. The largest absolute Gasteiger partial charge is 0.497 e. The van der Waals surface area contributed by atoms with Crippen molar-refractivity contribution in [3.05, 3.63) is 36.1 Å². The van der Waals surface area contributed by atoms with Crippen molar-refractivity contribution in [1.82, 2.24) is 9.62 Å². The molecule has 222 valence electrons. The zero-order valence-corrected chi connectivity index (χ0v) is 24.3. The Balaban J connectivity index is 1.22. The molecule has 40 heavy (non-hydrogen) atoms. The summed E-state index contributed by atoms with van der Waals surface area (Å²) in [6.07, 6.45) is 12.7. The highest BCUT2D eigenvalue weighted by atomic mass is 32.2. The van der Waals surface area contributed by atoms with Crippen molar-refractivity contribution in [3.8, 4) is 5.75 Å². The van der Waals surface area contributed by atoms with Gasteiger partial charge in [-0.05, 0) is 86.1 Å². The number of rotatable bonds is 12. The maximum absolute atomic E-state index is 13.3. The first-order chi connectivity index (χ1) is 19.4. The van der Waals surface area contributed by atoms with E-state index in [4.69, 9.17) is 14.2 Å². The van der Waals surface area contributed by atoms with Gasteiger partial charge in [0.05, 0.1) is 25.2 Å². The molecule has 3 aliphatic carbocycles. The number of hydrogen-bond donors (Lipinski definition) is 2. The van der Waals surface area contributed by atoms with Gasteiger partial charge in [0, 0.05) is 25.6 Å². The number of methoxy groups -OCH3 is 1. The van der Waals surface area contributed by atoms with Crippen LogP contribution in [0.25, 0.3) is 0 Å². The number of carbonyl (C=O) groups is 1. The third kappa shape index (κ3) is 6.83. The van der Waals surface area contributed by atoms with Gasteiger partial charge in [-0.25, -0.2) is 8.42 Å². The number of nitrogens with one attached hydrogen (secondary N) is 1. The highest BCUT2D eigenvalue weighted by Gasteiger charge is 2.41. The molecule has 1 amide bonds. The van der Waals surface area contributed by atoms with Crippen molar-refractivity contribution in [3.63, 3.8) is 0 Å². The lowest BCUT2D eigenvalue weighted by atomic mass is 9.77. The van der Waals surface area contributed by atoms with Crippen molar-refractivity contribution in [2.24, 2.45) is 23.7 Å². The first kappa shape index (κ1) is 29.4. The molecule has 10 heteroatoms. The minimum atomic E-state index is -3.84. The van der Waals surface area contributed by atoms with Crippen LogP contribution in [0.15, 0.2) is 41.0 Å². The fraction of sp³-hybridized carbons (Fsp3) is 0.700. The average molecular weight is 577 g/mol. The van der Waals surface area contributed by atoms with E-state index in [0.717, 1.165) is 25.2 Å². The lowest BCUT2D eigenvalue weighted by Crippen LogP contribution is -2.42. The summed E-state index contributed by atoms with van der Waals surface area (Å²) in [5.74, 6) is 2.74. The molecule has 0 radical (unpaired) electrons. The summed E-state index contributed by atoms with van der Waals surface area (Å²) in [6.45, 7) is -0.224. The minimum absolute atomic E-state index is 0.0505. The normalized spacial score (nSPS) is 28.8. The van der Waals surface area contributed by atoms with Crippen molar-refractivity contribution in [1.29, 1.82) is 0 Å². The highest BCUT2D eigenvalue weighted by molar-refractivity contribution is 7.89. The molecular weight excluding hydrogens is 532 g/mol. The monoisotopic (exact) mass is 576 g/mol. The lowest BCUT2D eigenvalue weighted by molar-refractivity contribution is -0.152. The topological polar surface area (TPSA) is 114 Å². The van der Waals surface area contributed by atoms with E-state index in [0.29, 0.717) is 29.8 Å². The van der Waals surface area contributed by atoms with Gasteiger partial charge in [0.15, 0.2) is 5.76 Å². The Kier molecular flexibility index (Phi) is 9.71. The summed E-state index contributed by atoms with van der Waals surface area (Å²) < 4.78 is 45.0. The molecule has 1 aliphatic heterocycles. The molecule has 0 saturated heterocycles. The Hall–Kier alpha value is -2.14. The van der Waals surface area contributed by atoms with E-state index in [1.165, 1.54) is 62.1 Å². The Morgan fingerprint density at radius 2 is 1.80 bits per heavy atom. The van der Waals surface area contributed by atoms with Gasteiger partial charge >= 0.3 is 0 Å². The zero-order valence-electron chi connectivity index (χ0n) is 23.5. The first-order valence-corrected chi connectivity index (χ1v) is 16.4. The molecule has 5 atom stereocenters. The number of carbonyl (C=O) groups excluding carboxylic acids is 1. The van der Waals surface area contributed by atoms with Crippen molar-refractivity contribution in [2.45, 2.75) is 81.4 Å². The standard InChI is InChI=1S/C30H44N2O7S/c1-37-25-9-11-26(12-10-25)40(35,36)32(13-15-33)14-16-38-29-20-24(22-5-3-2-4-6-22)19-28(39-29)30(34)31-27-18-21-7-8-23(27)17-21/h9-12,19,21-24,27,29,33H,2-8,13-18,20H2,1H3,(H,31,34)/t21?,23?,24-,27?,29+/m0/s1. The van der Waals surface area contributed by atoms with Crippen LogP contribution in [0.2, 0.25) is 0 Å². The van der Waals surface area contributed by atoms with E-state index in [1.54, 1.807) is 12.1 Å². The second kappa shape index (κ2) is 13.2.